The fraction of sp³-hybridized carbons (Fsp3) is 0.769. The second kappa shape index (κ2) is 8.46. The molecule has 0 aliphatic rings. The molecule has 3 amide bonds. The molecule has 0 aromatic heterocycles. The number of carbonyl (C=O) groups is 3. The summed E-state index contributed by atoms with van der Waals surface area (Å²) in [5.74, 6) is -1.12. The molecule has 0 aliphatic carbocycles. The van der Waals surface area contributed by atoms with E-state index >= 15 is 0 Å². The molecule has 1 unspecified atom stereocenters. The van der Waals surface area contributed by atoms with Crippen molar-refractivity contribution < 1.29 is 24.6 Å². The van der Waals surface area contributed by atoms with Crippen molar-refractivity contribution in [3.05, 3.63) is 0 Å². The molecule has 8 heteroatoms. The van der Waals surface area contributed by atoms with Gasteiger partial charge in [-0.2, -0.15) is 0 Å². The smallest absolute Gasteiger partial charge is 0.317 e. The number of carboxylic acid groups (broad SMARTS) is 1. The third kappa shape index (κ3) is 9.67. The Hall–Kier alpha value is -1.83. The van der Waals surface area contributed by atoms with Crippen molar-refractivity contribution in [1.29, 1.82) is 0 Å². The Kier molecular flexibility index (Phi) is 7.72. The maximum Gasteiger partial charge on any atom is 0.317 e. The average molecular weight is 303 g/mol. The zero-order chi connectivity index (χ0) is 16.6. The topological polar surface area (TPSA) is 119 Å². The van der Waals surface area contributed by atoms with Crippen LogP contribution in [0.25, 0.3) is 0 Å². The monoisotopic (exact) mass is 303 g/mol. The molecule has 0 aromatic carbocycles. The van der Waals surface area contributed by atoms with Gasteiger partial charge >= 0.3 is 12.0 Å². The Balaban J connectivity index is 4.16. The van der Waals surface area contributed by atoms with Gasteiger partial charge in [0.15, 0.2) is 0 Å². The molecule has 4 N–H and O–H groups in total. The van der Waals surface area contributed by atoms with E-state index in [1.165, 1.54) is 14.0 Å². The number of hydrogen-bond donors (Lipinski definition) is 4. The van der Waals surface area contributed by atoms with Crippen LogP contribution in [0.2, 0.25) is 0 Å². The summed E-state index contributed by atoms with van der Waals surface area (Å²) in [6.07, 6.45) is -0.480. The third-order valence-electron chi connectivity index (χ3n) is 2.59. The molecule has 8 nitrogen and oxygen atoms in total. The van der Waals surface area contributed by atoms with Gasteiger partial charge in [0.1, 0.15) is 6.54 Å². The maximum absolute atomic E-state index is 11.7. The molecular formula is C13H25N3O5. The quantitative estimate of drug-likeness (QED) is 0.487. The predicted molar refractivity (Wildman–Crippen MR) is 76.8 cm³/mol. The summed E-state index contributed by atoms with van der Waals surface area (Å²) in [6.45, 7) is 5.44. The minimum Gasteiger partial charge on any atom is -0.481 e. The van der Waals surface area contributed by atoms with Crippen molar-refractivity contribution in [2.24, 2.45) is 5.92 Å². The van der Waals surface area contributed by atoms with Crippen LogP contribution >= 0.6 is 0 Å². The summed E-state index contributed by atoms with van der Waals surface area (Å²) in [4.78, 5) is 35.0. The van der Waals surface area contributed by atoms with Gasteiger partial charge in [-0.15, -0.1) is 0 Å². The van der Waals surface area contributed by atoms with Gasteiger partial charge in [-0.25, -0.2) is 4.79 Å². The first kappa shape index (κ1) is 19.2. The summed E-state index contributed by atoms with van der Waals surface area (Å²) in [5.41, 5.74) is -1.54. The second-order valence-corrected chi connectivity index (χ2v) is 5.78. The standard InChI is InChI=1S/C13H25N3O5/c1-9(2)6-14-10(17)7-16(4)12(20)15-8-13(3,21)5-11(18)19/h9,21H,5-8H2,1-4H3,(H,14,17)(H,15,20)(H,18,19). The normalized spacial score (nSPS) is 13.4. The first-order chi connectivity index (χ1) is 9.53. The van der Waals surface area contributed by atoms with E-state index < -0.39 is 24.0 Å². The first-order valence-corrected chi connectivity index (χ1v) is 6.73. The first-order valence-electron chi connectivity index (χ1n) is 6.73. The number of likely N-dealkylation sites (N-methyl/N-ethyl adjacent to an activating group) is 1. The minimum atomic E-state index is -1.54. The van der Waals surface area contributed by atoms with Crippen LogP contribution in [-0.4, -0.2) is 65.3 Å². The lowest BCUT2D eigenvalue weighted by atomic mass is 10.0. The van der Waals surface area contributed by atoms with Gasteiger partial charge in [-0.1, -0.05) is 13.8 Å². The number of amides is 3. The van der Waals surface area contributed by atoms with E-state index in [4.69, 9.17) is 5.11 Å². The Bertz CT molecular complexity index is 382. The van der Waals surface area contributed by atoms with Gasteiger partial charge in [0.25, 0.3) is 0 Å². The Morgan fingerprint density at radius 3 is 2.29 bits per heavy atom. The molecule has 0 saturated heterocycles. The zero-order valence-electron chi connectivity index (χ0n) is 13.0. The van der Waals surface area contributed by atoms with Crippen molar-refractivity contribution in [2.45, 2.75) is 32.8 Å². The number of urea groups is 1. The van der Waals surface area contributed by atoms with E-state index in [9.17, 15) is 19.5 Å². The summed E-state index contributed by atoms with van der Waals surface area (Å²) in [5, 5.41) is 23.4. The third-order valence-corrected chi connectivity index (χ3v) is 2.59. The number of aliphatic hydroxyl groups is 1. The molecule has 0 bridgehead atoms. The lowest BCUT2D eigenvalue weighted by Crippen LogP contribution is -2.48. The molecule has 0 radical (unpaired) electrons. The number of rotatable bonds is 8. The van der Waals surface area contributed by atoms with Gasteiger partial charge in [-0.3, -0.25) is 9.59 Å². The van der Waals surface area contributed by atoms with Gasteiger partial charge in [0, 0.05) is 20.1 Å². The predicted octanol–water partition coefficient (Wildman–Crippen LogP) is -0.374. The van der Waals surface area contributed by atoms with Crippen LogP contribution in [0.5, 0.6) is 0 Å². The lowest BCUT2D eigenvalue weighted by molar-refractivity contribution is -0.141. The van der Waals surface area contributed by atoms with Crippen LogP contribution in [0, 0.1) is 5.92 Å². The number of aliphatic carboxylic acids is 1. The fourth-order valence-corrected chi connectivity index (χ4v) is 1.45. The average Bonchev–Trinajstić information content (AvgIpc) is 2.31. The Morgan fingerprint density at radius 1 is 1.24 bits per heavy atom. The van der Waals surface area contributed by atoms with Crippen LogP contribution in [-0.2, 0) is 9.59 Å². The lowest BCUT2D eigenvalue weighted by Gasteiger charge is -2.24. The van der Waals surface area contributed by atoms with Crippen LogP contribution in [0.1, 0.15) is 27.2 Å². The van der Waals surface area contributed by atoms with E-state index in [1.807, 2.05) is 13.8 Å². The largest absolute Gasteiger partial charge is 0.481 e. The van der Waals surface area contributed by atoms with E-state index in [1.54, 1.807) is 0 Å². The number of carboxylic acids is 1. The molecule has 1 atom stereocenters. The molecular weight excluding hydrogens is 278 g/mol. The molecule has 0 rings (SSSR count). The van der Waals surface area contributed by atoms with E-state index in [2.05, 4.69) is 10.6 Å². The summed E-state index contributed by atoms with van der Waals surface area (Å²) in [7, 11) is 1.44. The fourth-order valence-electron chi connectivity index (χ4n) is 1.45. The van der Waals surface area contributed by atoms with Gasteiger partial charge in [0.05, 0.1) is 12.0 Å². The van der Waals surface area contributed by atoms with Gasteiger partial charge in [-0.05, 0) is 12.8 Å². The van der Waals surface area contributed by atoms with E-state index in [-0.39, 0.29) is 19.0 Å². The highest BCUT2D eigenvalue weighted by atomic mass is 16.4. The molecule has 21 heavy (non-hydrogen) atoms. The SMILES string of the molecule is CC(C)CNC(=O)CN(C)C(=O)NCC(C)(O)CC(=O)O. The van der Waals surface area contributed by atoms with Crippen molar-refractivity contribution in [2.75, 3.05) is 26.7 Å². The van der Waals surface area contributed by atoms with E-state index in [0.29, 0.717) is 12.5 Å². The van der Waals surface area contributed by atoms with Crippen molar-refractivity contribution >= 4 is 17.9 Å². The Labute approximate surface area is 124 Å². The summed E-state index contributed by atoms with van der Waals surface area (Å²) < 4.78 is 0. The number of carbonyl (C=O) groups excluding carboxylic acids is 2. The van der Waals surface area contributed by atoms with Crippen LogP contribution in [0.4, 0.5) is 4.79 Å². The number of nitrogens with one attached hydrogen (secondary N) is 2. The van der Waals surface area contributed by atoms with Crippen molar-refractivity contribution in [3.8, 4) is 0 Å². The highest BCUT2D eigenvalue weighted by molar-refractivity contribution is 5.83. The van der Waals surface area contributed by atoms with Crippen LogP contribution < -0.4 is 10.6 Å². The number of hydrogen-bond acceptors (Lipinski definition) is 4. The zero-order valence-corrected chi connectivity index (χ0v) is 13.0. The molecule has 0 saturated carbocycles. The maximum atomic E-state index is 11.7. The highest BCUT2D eigenvalue weighted by Gasteiger charge is 2.25. The molecule has 122 valence electrons. The number of nitrogens with zero attached hydrogens (tertiary/aromatic N) is 1. The Morgan fingerprint density at radius 2 is 1.81 bits per heavy atom. The van der Waals surface area contributed by atoms with Crippen molar-refractivity contribution in [1.82, 2.24) is 15.5 Å². The van der Waals surface area contributed by atoms with Crippen LogP contribution in [0.15, 0.2) is 0 Å². The summed E-state index contributed by atoms with van der Waals surface area (Å²) in [6, 6.07) is -0.555. The highest BCUT2D eigenvalue weighted by Crippen LogP contribution is 2.07. The summed E-state index contributed by atoms with van der Waals surface area (Å²) >= 11 is 0. The van der Waals surface area contributed by atoms with Gasteiger partial charge < -0.3 is 25.7 Å². The molecule has 0 fully saturated rings. The second-order valence-electron chi connectivity index (χ2n) is 5.78. The van der Waals surface area contributed by atoms with Gasteiger partial charge in [0.2, 0.25) is 5.91 Å². The molecule has 0 heterocycles. The van der Waals surface area contributed by atoms with Crippen LogP contribution in [0.3, 0.4) is 0 Å². The van der Waals surface area contributed by atoms with E-state index in [0.717, 1.165) is 4.90 Å². The minimum absolute atomic E-state index is 0.111. The molecule has 0 aliphatic heterocycles. The van der Waals surface area contributed by atoms with Crippen molar-refractivity contribution in [3.63, 3.8) is 0 Å². The molecule has 0 aromatic rings. The molecule has 0 spiro atoms.